The third kappa shape index (κ3) is 3.97. The van der Waals surface area contributed by atoms with Crippen LogP contribution in [0.2, 0.25) is 0 Å². The van der Waals surface area contributed by atoms with Crippen molar-refractivity contribution in [2.45, 2.75) is 57.5 Å². The van der Waals surface area contributed by atoms with Gasteiger partial charge in [0.2, 0.25) is 0 Å². The van der Waals surface area contributed by atoms with Crippen molar-refractivity contribution in [3.05, 3.63) is 48.3 Å². The van der Waals surface area contributed by atoms with E-state index >= 15 is 0 Å². The third-order valence-corrected chi connectivity index (χ3v) is 5.96. The number of imidazole rings is 1. The lowest BCUT2D eigenvalue weighted by Crippen LogP contribution is -2.30. The molecular formula is C21H29N5. The first-order valence-corrected chi connectivity index (χ1v) is 9.96. The van der Waals surface area contributed by atoms with Crippen LogP contribution < -0.4 is 0 Å². The van der Waals surface area contributed by atoms with Crippen LogP contribution in [0.5, 0.6) is 0 Å². The van der Waals surface area contributed by atoms with Crippen LogP contribution in [0.3, 0.4) is 0 Å². The molecule has 1 aliphatic heterocycles. The topological polar surface area (TPSA) is 46.3 Å². The third-order valence-electron chi connectivity index (χ3n) is 5.96. The molecule has 5 nitrogen and oxygen atoms in total. The molecule has 0 radical (unpaired) electrons. The summed E-state index contributed by atoms with van der Waals surface area (Å²) in [5.74, 6) is 1.23. The Bertz CT molecular complexity index is 724. The summed E-state index contributed by atoms with van der Waals surface area (Å²) in [6, 6.07) is 5.07. The molecule has 26 heavy (non-hydrogen) atoms. The second-order valence-corrected chi connectivity index (χ2v) is 7.82. The molecule has 2 aliphatic rings. The quantitative estimate of drug-likeness (QED) is 0.800. The van der Waals surface area contributed by atoms with Crippen molar-refractivity contribution in [3.63, 3.8) is 0 Å². The molecule has 138 valence electrons. The van der Waals surface area contributed by atoms with Crippen molar-refractivity contribution in [3.8, 4) is 0 Å². The molecule has 0 saturated heterocycles. The Hall–Kier alpha value is -2.17. The van der Waals surface area contributed by atoms with Gasteiger partial charge in [0.05, 0.1) is 19.2 Å². The van der Waals surface area contributed by atoms with Crippen LogP contribution in [0, 0.1) is 5.92 Å². The van der Waals surface area contributed by atoms with Crippen LogP contribution in [-0.4, -0.2) is 44.9 Å². The van der Waals surface area contributed by atoms with Gasteiger partial charge in [0.1, 0.15) is 0 Å². The summed E-state index contributed by atoms with van der Waals surface area (Å²) >= 11 is 0. The Kier molecular flexibility index (Phi) is 5.32. The zero-order chi connectivity index (χ0) is 17.8. The van der Waals surface area contributed by atoms with E-state index < -0.39 is 0 Å². The van der Waals surface area contributed by atoms with Crippen molar-refractivity contribution in [2.24, 2.45) is 10.9 Å². The highest BCUT2D eigenvalue weighted by Crippen LogP contribution is 2.38. The fourth-order valence-corrected chi connectivity index (χ4v) is 4.39. The van der Waals surface area contributed by atoms with Crippen LogP contribution in [0.4, 0.5) is 0 Å². The van der Waals surface area contributed by atoms with E-state index in [-0.39, 0.29) is 0 Å². The normalized spacial score (nSPS) is 25.7. The molecule has 3 atom stereocenters. The zero-order valence-corrected chi connectivity index (χ0v) is 15.7. The molecule has 0 spiro atoms. The van der Waals surface area contributed by atoms with Gasteiger partial charge in [-0.05, 0) is 49.8 Å². The second kappa shape index (κ2) is 8.02. The maximum Gasteiger partial charge on any atom is 0.0946 e. The Balaban J connectivity index is 1.44. The van der Waals surface area contributed by atoms with Crippen LogP contribution in [0.15, 0.2) is 42.0 Å². The van der Waals surface area contributed by atoms with Crippen LogP contribution in [0.1, 0.15) is 49.8 Å². The van der Waals surface area contributed by atoms with Gasteiger partial charge in [-0.25, -0.2) is 4.98 Å². The number of rotatable bonds is 6. The smallest absolute Gasteiger partial charge is 0.0946 e. The van der Waals surface area contributed by atoms with Crippen LogP contribution in [-0.2, 0) is 13.0 Å². The second-order valence-electron chi connectivity index (χ2n) is 7.82. The molecule has 1 fully saturated rings. The minimum atomic E-state index is 0.536. The fourth-order valence-electron chi connectivity index (χ4n) is 4.39. The van der Waals surface area contributed by atoms with Crippen molar-refractivity contribution in [2.75, 3.05) is 13.1 Å². The van der Waals surface area contributed by atoms with Gasteiger partial charge in [-0.1, -0.05) is 12.8 Å². The molecule has 0 amide bonds. The van der Waals surface area contributed by atoms with E-state index in [1.54, 1.807) is 0 Å². The standard InChI is InChI=1S/C21H29N5/c1-17-13-23-16-26(17)10-7-18-6-8-24-21(12-18)20-5-3-2-4-19(20)14-25-11-9-22-15-25/h6,8-9,11-12,15-17,19-20H,2-5,7,10,13-14H2,1H3. The summed E-state index contributed by atoms with van der Waals surface area (Å²) in [4.78, 5) is 15.7. The lowest BCUT2D eigenvalue weighted by atomic mass is 9.77. The molecular weight excluding hydrogens is 322 g/mol. The molecule has 3 heterocycles. The monoisotopic (exact) mass is 351 g/mol. The average Bonchev–Trinajstić information content (AvgIpc) is 3.32. The Labute approximate surface area is 156 Å². The maximum absolute atomic E-state index is 4.77. The number of hydrogen-bond acceptors (Lipinski definition) is 4. The van der Waals surface area contributed by atoms with Gasteiger partial charge < -0.3 is 9.47 Å². The van der Waals surface area contributed by atoms with Crippen molar-refractivity contribution in [1.82, 2.24) is 19.4 Å². The lowest BCUT2D eigenvalue weighted by molar-refractivity contribution is 0.270. The number of nitrogens with zero attached hydrogens (tertiary/aromatic N) is 5. The molecule has 4 rings (SSSR count). The first-order valence-electron chi connectivity index (χ1n) is 9.96. The van der Waals surface area contributed by atoms with E-state index in [0.717, 1.165) is 26.1 Å². The Morgan fingerprint density at radius 3 is 2.92 bits per heavy atom. The molecule has 0 N–H and O–H groups in total. The number of pyridine rings is 1. The molecule has 0 aromatic carbocycles. The summed E-state index contributed by atoms with van der Waals surface area (Å²) in [6.45, 7) is 5.27. The highest BCUT2D eigenvalue weighted by atomic mass is 15.2. The molecule has 3 unspecified atom stereocenters. The van der Waals surface area contributed by atoms with Crippen LogP contribution in [0.25, 0.3) is 0 Å². The number of aromatic nitrogens is 3. The van der Waals surface area contributed by atoms with Crippen molar-refractivity contribution in [1.29, 1.82) is 0 Å². The van der Waals surface area contributed by atoms with Gasteiger partial charge in [0.25, 0.3) is 0 Å². The molecule has 1 aliphatic carbocycles. The van der Waals surface area contributed by atoms with Gasteiger partial charge in [-0.15, -0.1) is 0 Å². The van der Waals surface area contributed by atoms with Gasteiger partial charge >= 0.3 is 0 Å². The lowest BCUT2D eigenvalue weighted by Gasteiger charge is -2.31. The highest BCUT2D eigenvalue weighted by Gasteiger charge is 2.28. The Morgan fingerprint density at radius 1 is 1.19 bits per heavy atom. The zero-order valence-electron chi connectivity index (χ0n) is 15.7. The summed E-state index contributed by atoms with van der Waals surface area (Å²) in [7, 11) is 0. The van der Waals surface area contributed by atoms with E-state index in [0.29, 0.717) is 17.9 Å². The molecule has 2 aromatic rings. The summed E-state index contributed by atoms with van der Waals surface area (Å²) < 4.78 is 2.22. The van der Waals surface area contributed by atoms with E-state index in [1.165, 1.54) is 36.9 Å². The largest absolute Gasteiger partial charge is 0.358 e. The van der Waals surface area contributed by atoms with Crippen LogP contribution >= 0.6 is 0 Å². The van der Waals surface area contributed by atoms with E-state index in [4.69, 9.17) is 4.98 Å². The predicted octanol–water partition coefficient (Wildman–Crippen LogP) is 3.53. The number of hydrogen-bond donors (Lipinski definition) is 0. The molecule has 5 heteroatoms. The van der Waals surface area contributed by atoms with E-state index in [2.05, 4.69) is 44.7 Å². The summed E-state index contributed by atoms with van der Waals surface area (Å²) in [5.41, 5.74) is 2.69. The van der Waals surface area contributed by atoms with Gasteiger partial charge in [-0.3, -0.25) is 9.98 Å². The molecule has 1 saturated carbocycles. The first kappa shape index (κ1) is 17.3. The highest BCUT2D eigenvalue weighted by molar-refractivity contribution is 5.57. The minimum absolute atomic E-state index is 0.536. The van der Waals surface area contributed by atoms with Gasteiger partial charge in [0.15, 0.2) is 0 Å². The Morgan fingerprint density at radius 2 is 2.12 bits per heavy atom. The average molecular weight is 351 g/mol. The predicted molar refractivity (Wildman–Crippen MR) is 104 cm³/mol. The summed E-state index contributed by atoms with van der Waals surface area (Å²) in [5, 5.41) is 0. The van der Waals surface area contributed by atoms with E-state index in [1.807, 2.05) is 25.1 Å². The minimum Gasteiger partial charge on any atom is -0.358 e. The van der Waals surface area contributed by atoms with E-state index in [9.17, 15) is 0 Å². The molecule has 2 aromatic heterocycles. The molecule has 0 bridgehead atoms. The SMILES string of the molecule is CC1CN=CN1CCc1ccnc(C2CCCCC2Cn2ccnc2)c1. The van der Waals surface area contributed by atoms with Crippen molar-refractivity contribution >= 4 is 6.34 Å². The summed E-state index contributed by atoms with van der Waals surface area (Å²) in [6.07, 6.45) is 16.2. The fraction of sp³-hybridized carbons (Fsp3) is 0.571. The first-order chi connectivity index (χ1) is 12.8. The number of aliphatic imine (C=N–C) groups is 1. The van der Waals surface area contributed by atoms with Gasteiger partial charge in [-0.2, -0.15) is 0 Å². The van der Waals surface area contributed by atoms with Crippen molar-refractivity contribution < 1.29 is 0 Å². The van der Waals surface area contributed by atoms with Gasteiger partial charge in [0, 0.05) is 49.3 Å². The maximum atomic E-state index is 4.77.